The maximum atomic E-state index is 13.4. The standard InChI is InChI=1S/C13H10F2N2O/c1-8-16-6-5-11(17-8)12(18)7-9-3-2-4-10(14)13(9)15/h2-6H,7H2,1H3. The van der Waals surface area contributed by atoms with Gasteiger partial charge < -0.3 is 0 Å². The largest absolute Gasteiger partial charge is 0.292 e. The van der Waals surface area contributed by atoms with Crippen LogP contribution in [0.5, 0.6) is 0 Å². The molecule has 0 saturated carbocycles. The van der Waals surface area contributed by atoms with E-state index in [9.17, 15) is 13.6 Å². The molecule has 92 valence electrons. The van der Waals surface area contributed by atoms with Gasteiger partial charge in [-0.2, -0.15) is 0 Å². The van der Waals surface area contributed by atoms with Crippen molar-refractivity contribution in [1.29, 1.82) is 0 Å². The third-order valence-corrected chi connectivity index (χ3v) is 2.44. The van der Waals surface area contributed by atoms with Crippen LogP contribution in [-0.2, 0) is 6.42 Å². The van der Waals surface area contributed by atoms with Gasteiger partial charge in [-0.1, -0.05) is 12.1 Å². The Kier molecular flexibility index (Phi) is 3.41. The van der Waals surface area contributed by atoms with Crippen molar-refractivity contribution in [3.8, 4) is 0 Å². The fourth-order valence-electron chi connectivity index (χ4n) is 1.56. The lowest BCUT2D eigenvalue weighted by Crippen LogP contribution is -2.09. The molecule has 2 rings (SSSR count). The van der Waals surface area contributed by atoms with Crippen LogP contribution in [0.2, 0.25) is 0 Å². The first-order valence-electron chi connectivity index (χ1n) is 5.33. The number of carbonyl (C=O) groups excluding carboxylic acids is 1. The first-order valence-corrected chi connectivity index (χ1v) is 5.33. The van der Waals surface area contributed by atoms with E-state index in [4.69, 9.17) is 0 Å². The van der Waals surface area contributed by atoms with Gasteiger partial charge in [-0.3, -0.25) is 4.79 Å². The molecule has 1 aromatic heterocycles. The van der Waals surface area contributed by atoms with Gasteiger partial charge in [0.05, 0.1) is 0 Å². The highest BCUT2D eigenvalue weighted by molar-refractivity contribution is 5.95. The van der Waals surface area contributed by atoms with E-state index in [2.05, 4.69) is 9.97 Å². The summed E-state index contributed by atoms with van der Waals surface area (Å²) in [6.07, 6.45) is 1.23. The molecule has 0 aliphatic heterocycles. The molecule has 0 spiro atoms. The molecule has 0 atom stereocenters. The zero-order valence-electron chi connectivity index (χ0n) is 9.65. The Bertz CT molecular complexity index is 599. The summed E-state index contributed by atoms with van der Waals surface area (Å²) in [5, 5.41) is 0. The van der Waals surface area contributed by atoms with Crippen molar-refractivity contribution in [3.63, 3.8) is 0 Å². The lowest BCUT2D eigenvalue weighted by atomic mass is 10.1. The third kappa shape index (κ3) is 2.56. The van der Waals surface area contributed by atoms with Gasteiger partial charge >= 0.3 is 0 Å². The quantitative estimate of drug-likeness (QED) is 0.784. The first-order chi connectivity index (χ1) is 8.58. The fraction of sp³-hybridized carbons (Fsp3) is 0.154. The van der Waals surface area contributed by atoms with Gasteiger partial charge in [-0.25, -0.2) is 18.7 Å². The number of aryl methyl sites for hydroxylation is 1. The van der Waals surface area contributed by atoms with Crippen LogP contribution in [0.4, 0.5) is 8.78 Å². The lowest BCUT2D eigenvalue weighted by molar-refractivity contribution is 0.0986. The molecule has 0 radical (unpaired) electrons. The van der Waals surface area contributed by atoms with Crippen molar-refractivity contribution in [3.05, 3.63) is 59.2 Å². The molecule has 18 heavy (non-hydrogen) atoms. The Balaban J connectivity index is 2.24. The number of benzene rings is 1. The Labute approximate surface area is 103 Å². The molecule has 2 aromatic rings. The molecule has 0 aliphatic carbocycles. The van der Waals surface area contributed by atoms with Crippen LogP contribution in [0.1, 0.15) is 21.9 Å². The van der Waals surface area contributed by atoms with Crippen molar-refractivity contribution >= 4 is 5.78 Å². The molecule has 0 saturated heterocycles. The molecule has 1 aromatic carbocycles. The maximum Gasteiger partial charge on any atom is 0.185 e. The van der Waals surface area contributed by atoms with E-state index in [0.29, 0.717) is 5.82 Å². The fourth-order valence-corrected chi connectivity index (χ4v) is 1.56. The summed E-state index contributed by atoms with van der Waals surface area (Å²) in [6.45, 7) is 1.65. The number of carbonyl (C=O) groups is 1. The zero-order chi connectivity index (χ0) is 13.1. The monoisotopic (exact) mass is 248 g/mol. The summed E-state index contributed by atoms with van der Waals surface area (Å²) >= 11 is 0. The van der Waals surface area contributed by atoms with Crippen LogP contribution in [0.3, 0.4) is 0 Å². The highest BCUT2D eigenvalue weighted by atomic mass is 19.2. The van der Waals surface area contributed by atoms with E-state index in [0.717, 1.165) is 6.07 Å². The van der Waals surface area contributed by atoms with Crippen molar-refractivity contribution in [2.75, 3.05) is 0 Å². The lowest BCUT2D eigenvalue weighted by Gasteiger charge is -2.03. The molecule has 0 unspecified atom stereocenters. The highest BCUT2D eigenvalue weighted by Crippen LogP contribution is 2.13. The number of rotatable bonds is 3. The summed E-state index contributed by atoms with van der Waals surface area (Å²) in [6, 6.07) is 5.21. The number of Topliss-reactive ketones (excluding diaryl/α,β-unsaturated/α-hetero) is 1. The van der Waals surface area contributed by atoms with Gasteiger partial charge in [-0.05, 0) is 24.6 Å². The van der Waals surface area contributed by atoms with E-state index >= 15 is 0 Å². The minimum Gasteiger partial charge on any atom is -0.292 e. The van der Waals surface area contributed by atoms with E-state index in [1.54, 1.807) is 6.92 Å². The van der Waals surface area contributed by atoms with Crippen molar-refractivity contribution in [2.24, 2.45) is 0 Å². The minimum absolute atomic E-state index is 0.0243. The number of ketones is 1. The van der Waals surface area contributed by atoms with Crippen molar-refractivity contribution in [1.82, 2.24) is 9.97 Å². The molecule has 5 heteroatoms. The second-order valence-electron chi connectivity index (χ2n) is 3.80. The van der Waals surface area contributed by atoms with E-state index in [1.807, 2.05) is 0 Å². The van der Waals surface area contributed by atoms with Crippen LogP contribution in [0, 0.1) is 18.6 Å². The molecule has 0 bridgehead atoms. The minimum atomic E-state index is -0.989. The van der Waals surface area contributed by atoms with Crippen LogP contribution < -0.4 is 0 Å². The first kappa shape index (κ1) is 12.3. The van der Waals surface area contributed by atoms with Gasteiger partial charge in [-0.15, -0.1) is 0 Å². The Hall–Kier alpha value is -2.17. The zero-order valence-corrected chi connectivity index (χ0v) is 9.65. The normalized spacial score (nSPS) is 10.4. The molecule has 3 nitrogen and oxygen atoms in total. The Morgan fingerprint density at radius 1 is 1.28 bits per heavy atom. The number of halogens is 2. The van der Waals surface area contributed by atoms with E-state index in [-0.39, 0.29) is 23.5 Å². The van der Waals surface area contributed by atoms with Gasteiger partial charge in [0.15, 0.2) is 17.4 Å². The summed E-state index contributed by atoms with van der Waals surface area (Å²) in [7, 11) is 0. The number of hydrogen-bond donors (Lipinski definition) is 0. The van der Waals surface area contributed by atoms with Gasteiger partial charge in [0.2, 0.25) is 0 Å². The SMILES string of the molecule is Cc1nccc(C(=O)Cc2cccc(F)c2F)n1. The second kappa shape index (κ2) is 5.00. The predicted molar refractivity (Wildman–Crippen MR) is 61.2 cm³/mol. The maximum absolute atomic E-state index is 13.4. The van der Waals surface area contributed by atoms with Crippen molar-refractivity contribution in [2.45, 2.75) is 13.3 Å². The van der Waals surface area contributed by atoms with Crippen LogP contribution >= 0.6 is 0 Å². The van der Waals surface area contributed by atoms with Crippen LogP contribution in [-0.4, -0.2) is 15.8 Å². The summed E-state index contributed by atoms with van der Waals surface area (Å²) in [4.78, 5) is 19.7. The van der Waals surface area contributed by atoms with E-state index in [1.165, 1.54) is 24.4 Å². The third-order valence-electron chi connectivity index (χ3n) is 2.44. The van der Waals surface area contributed by atoms with Gasteiger partial charge in [0.25, 0.3) is 0 Å². The topological polar surface area (TPSA) is 42.9 Å². The smallest absolute Gasteiger partial charge is 0.185 e. The van der Waals surface area contributed by atoms with Crippen LogP contribution in [0.25, 0.3) is 0 Å². The molecular formula is C13H10F2N2O. The summed E-state index contributed by atoms with van der Waals surface area (Å²) in [5.74, 6) is -1.86. The van der Waals surface area contributed by atoms with Crippen LogP contribution in [0.15, 0.2) is 30.5 Å². The average molecular weight is 248 g/mol. The summed E-state index contributed by atoms with van der Waals surface area (Å²) in [5.41, 5.74) is 0.224. The van der Waals surface area contributed by atoms with Crippen molar-refractivity contribution < 1.29 is 13.6 Å². The second-order valence-corrected chi connectivity index (χ2v) is 3.80. The average Bonchev–Trinajstić information content (AvgIpc) is 2.35. The molecule has 0 aliphatic rings. The Morgan fingerprint density at radius 2 is 2.06 bits per heavy atom. The van der Waals surface area contributed by atoms with E-state index < -0.39 is 11.6 Å². The highest BCUT2D eigenvalue weighted by Gasteiger charge is 2.14. The number of hydrogen-bond acceptors (Lipinski definition) is 3. The number of nitrogens with zero attached hydrogens (tertiary/aromatic N) is 2. The Morgan fingerprint density at radius 3 is 2.78 bits per heavy atom. The summed E-state index contributed by atoms with van der Waals surface area (Å²) < 4.78 is 26.4. The van der Waals surface area contributed by atoms with Gasteiger partial charge in [0.1, 0.15) is 11.5 Å². The molecule has 0 amide bonds. The predicted octanol–water partition coefficient (Wildman–Crippen LogP) is 2.49. The van der Waals surface area contributed by atoms with Gasteiger partial charge in [0, 0.05) is 12.6 Å². The number of aromatic nitrogens is 2. The molecular weight excluding hydrogens is 238 g/mol. The molecule has 0 fully saturated rings. The molecule has 0 N–H and O–H groups in total. The molecule has 1 heterocycles.